The quantitative estimate of drug-likeness (QED) is 0.840. The Labute approximate surface area is 121 Å². The Balaban J connectivity index is 2.06. The average molecular weight is 282 g/mol. The first-order valence-corrected chi connectivity index (χ1v) is 7.55. The van der Waals surface area contributed by atoms with Gasteiger partial charge in [0.2, 0.25) is 0 Å². The van der Waals surface area contributed by atoms with Gasteiger partial charge in [-0.05, 0) is 55.9 Å². The summed E-state index contributed by atoms with van der Waals surface area (Å²) in [6.45, 7) is 9.38. The highest BCUT2D eigenvalue weighted by atomic mass is 35.5. The second-order valence-corrected chi connectivity index (χ2v) is 6.31. The maximum atomic E-state index is 6.21. The highest BCUT2D eigenvalue weighted by Crippen LogP contribution is 2.32. The van der Waals surface area contributed by atoms with E-state index >= 15 is 0 Å². The number of rotatable bonds is 6. The third-order valence-electron chi connectivity index (χ3n) is 3.51. The summed E-state index contributed by atoms with van der Waals surface area (Å²) in [4.78, 5) is 0. The van der Waals surface area contributed by atoms with E-state index in [1.807, 2.05) is 13.0 Å². The lowest BCUT2D eigenvalue weighted by Crippen LogP contribution is -2.30. The molecule has 1 aliphatic rings. The van der Waals surface area contributed by atoms with Crippen LogP contribution < -0.4 is 10.1 Å². The molecular weight excluding hydrogens is 258 g/mol. The predicted molar refractivity (Wildman–Crippen MR) is 81.4 cm³/mol. The van der Waals surface area contributed by atoms with Crippen LogP contribution in [0.5, 0.6) is 5.75 Å². The van der Waals surface area contributed by atoms with Gasteiger partial charge in [-0.3, -0.25) is 0 Å². The van der Waals surface area contributed by atoms with E-state index in [-0.39, 0.29) is 6.10 Å². The molecule has 1 aromatic rings. The van der Waals surface area contributed by atoms with Crippen molar-refractivity contribution in [3.63, 3.8) is 0 Å². The maximum Gasteiger partial charge on any atom is 0.123 e. The molecule has 0 radical (unpaired) electrons. The lowest BCUT2D eigenvalue weighted by molar-refractivity contribution is 0.214. The van der Waals surface area contributed by atoms with Gasteiger partial charge in [0, 0.05) is 17.6 Å². The van der Waals surface area contributed by atoms with Crippen molar-refractivity contribution in [1.29, 1.82) is 0 Å². The number of halogens is 1. The van der Waals surface area contributed by atoms with Gasteiger partial charge in [-0.25, -0.2) is 0 Å². The molecule has 1 unspecified atom stereocenters. The Hall–Kier alpha value is -0.730. The van der Waals surface area contributed by atoms with Crippen LogP contribution in [0, 0.1) is 6.92 Å². The third-order valence-corrected chi connectivity index (χ3v) is 3.92. The van der Waals surface area contributed by atoms with Crippen molar-refractivity contribution < 1.29 is 4.74 Å². The molecule has 0 heterocycles. The average Bonchev–Trinajstić information content (AvgIpc) is 3.14. The van der Waals surface area contributed by atoms with Gasteiger partial charge in [-0.15, -0.1) is 0 Å². The number of benzene rings is 1. The molecule has 1 N–H and O–H groups in total. The maximum absolute atomic E-state index is 6.21. The van der Waals surface area contributed by atoms with Crippen LogP contribution >= 0.6 is 11.6 Å². The van der Waals surface area contributed by atoms with Crippen LogP contribution in [0.2, 0.25) is 5.02 Å². The van der Waals surface area contributed by atoms with Crippen LogP contribution in [0.4, 0.5) is 0 Å². The van der Waals surface area contributed by atoms with Crippen LogP contribution in [-0.2, 0) is 0 Å². The van der Waals surface area contributed by atoms with E-state index in [9.17, 15) is 0 Å². The highest BCUT2D eigenvalue weighted by Gasteiger charge is 2.21. The summed E-state index contributed by atoms with van der Waals surface area (Å²) in [7, 11) is 0. The van der Waals surface area contributed by atoms with Crippen molar-refractivity contribution in [2.24, 2.45) is 0 Å². The Bertz CT molecular complexity index is 441. The summed E-state index contributed by atoms with van der Waals surface area (Å²) in [5.74, 6) is 1.39. The van der Waals surface area contributed by atoms with Gasteiger partial charge < -0.3 is 10.1 Å². The van der Waals surface area contributed by atoms with E-state index in [4.69, 9.17) is 16.3 Å². The minimum absolute atomic E-state index is 0.179. The summed E-state index contributed by atoms with van der Waals surface area (Å²) in [6.07, 6.45) is 2.80. The standard InChI is InChI=1S/C16H24ClNO/c1-10(2)14-8-15(17)11(3)7-16(14)19-12(4)9-18-13-5-6-13/h7-8,10,12-13,18H,5-6,9H2,1-4H3. The topological polar surface area (TPSA) is 21.3 Å². The van der Waals surface area contributed by atoms with E-state index in [0.717, 1.165) is 28.9 Å². The Morgan fingerprint density at radius 1 is 1.32 bits per heavy atom. The molecule has 106 valence electrons. The molecule has 0 saturated heterocycles. The summed E-state index contributed by atoms with van der Waals surface area (Å²) < 4.78 is 6.10. The van der Waals surface area contributed by atoms with Crippen molar-refractivity contribution in [2.75, 3.05) is 6.54 Å². The first kappa shape index (κ1) is 14.7. The fourth-order valence-corrected chi connectivity index (χ4v) is 2.27. The lowest BCUT2D eigenvalue weighted by atomic mass is 10.0. The fourth-order valence-electron chi connectivity index (χ4n) is 2.10. The van der Waals surface area contributed by atoms with Gasteiger partial charge in [-0.1, -0.05) is 25.4 Å². The zero-order chi connectivity index (χ0) is 14.0. The van der Waals surface area contributed by atoms with Crippen LogP contribution in [0.25, 0.3) is 0 Å². The van der Waals surface area contributed by atoms with Crippen molar-refractivity contribution in [1.82, 2.24) is 5.32 Å². The van der Waals surface area contributed by atoms with Crippen molar-refractivity contribution >= 4 is 11.6 Å². The molecule has 3 heteroatoms. The smallest absolute Gasteiger partial charge is 0.123 e. The van der Waals surface area contributed by atoms with Crippen molar-refractivity contribution in [2.45, 2.75) is 58.6 Å². The molecule has 19 heavy (non-hydrogen) atoms. The molecule has 0 spiro atoms. The zero-order valence-electron chi connectivity index (χ0n) is 12.3. The Morgan fingerprint density at radius 3 is 2.58 bits per heavy atom. The number of nitrogens with one attached hydrogen (secondary N) is 1. The number of ether oxygens (including phenoxy) is 1. The van der Waals surface area contributed by atoms with Crippen LogP contribution in [0.1, 0.15) is 50.7 Å². The second-order valence-electron chi connectivity index (χ2n) is 5.90. The fraction of sp³-hybridized carbons (Fsp3) is 0.625. The van der Waals surface area contributed by atoms with Gasteiger partial charge >= 0.3 is 0 Å². The van der Waals surface area contributed by atoms with E-state index in [1.165, 1.54) is 18.4 Å². The summed E-state index contributed by atoms with van der Waals surface area (Å²) in [5, 5.41) is 4.32. The van der Waals surface area contributed by atoms with E-state index in [2.05, 4.69) is 32.2 Å². The molecule has 1 saturated carbocycles. The largest absolute Gasteiger partial charge is 0.489 e. The minimum atomic E-state index is 0.179. The number of hydrogen-bond acceptors (Lipinski definition) is 2. The first-order chi connectivity index (χ1) is 8.97. The van der Waals surface area contributed by atoms with Gasteiger partial charge in [0.1, 0.15) is 11.9 Å². The monoisotopic (exact) mass is 281 g/mol. The lowest BCUT2D eigenvalue weighted by Gasteiger charge is -2.20. The SMILES string of the molecule is Cc1cc(OC(C)CNC2CC2)c(C(C)C)cc1Cl. The van der Waals surface area contributed by atoms with Gasteiger partial charge in [0.25, 0.3) is 0 Å². The molecular formula is C16H24ClNO. The molecule has 0 bridgehead atoms. The number of hydrogen-bond donors (Lipinski definition) is 1. The van der Waals surface area contributed by atoms with Crippen LogP contribution in [-0.4, -0.2) is 18.7 Å². The van der Waals surface area contributed by atoms with Crippen molar-refractivity contribution in [3.8, 4) is 5.75 Å². The van der Waals surface area contributed by atoms with E-state index in [0.29, 0.717) is 5.92 Å². The molecule has 0 aliphatic heterocycles. The molecule has 2 nitrogen and oxygen atoms in total. The van der Waals surface area contributed by atoms with Crippen LogP contribution in [0.3, 0.4) is 0 Å². The molecule has 0 amide bonds. The Morgan fingerprint density at radius 2 is 2.00 bits per heavy atom. The minimum Gasteiger partial charge on any atom is -0.489 e. The normalized spacial score (nSPS) is 16.7. The first-order valence-electron chi connectivity index (χ1n) is 7.17. The van der Waals surface area contributed by atoms with Gasteiger partial charge in [-0.2, -0.15) is 0 Å². The molecule has 1 aromatic carbocycles. The van der Waals surface area contributed by atoms with Crippen LogP contribution in [0.15, 0.2) is 12.1 Å². The number of aryl methyl sites for hydroxylation is 1. The molecule has 0 aromatic heterocycles. The van der Waals surface area contributed by atoms with Gasteiger partial charge in [0.05, 0.1) is 0 Å². The van der Waals surface area contributed by atoms with Gasteiger partial charge in [0.15, 0.2) is 0 Å². The summed E-state index contributed by atoms with van der Waals surface area (Å²) >= 11 is 6.21. The zero-order valence-corrected chi connectivity index (χ0v) is 13.1. The van der Waals surface area contributed by atoms with E-state index < -0.39 is 0 Å². The summed E-state index contributed by atoms with van der Waals surface area (Å²) in [6, 6.07) is 4.83. The summed E-state index contributed by atoms with van der Waals surface area (Å²) in [5.41, 5.74) is 2.26. The predicted octanol–water partition coefficient (Wildman–Crippen LogP) is 4.29. The molecule has 1 atom stereocenters. The molecule has 1 fully saturated rings. The molecule has 1 aliphatic carbocycles. The molecule has 2 rings (SSSR count). The van der Waals surface area contributed by atoms with Crippen molar-refractivity contribution in [3.05, 3.63) is 28.3 Å². The second kappa shape index (κ2) is 6.15. The van der Waals surface area contributed by atoms with E-state index in [1.54, 1.807) is 0 Å². The third kappa shape index (κ3) is 4.12. The highest BCUT2D eigenvalue weighted by molar-refractivity contribution is 6.31. The Kier molecular flexibility index (Phi) is 4.75.